The lowest BCUT2D eigenvalue weighted by atomic mass is 9.73. The van der Waals surface area contributed by atoms with Crippen molar-refractivity contribution in [3.63, 3.8) is 0 Å². The zero-order valence-electron chi connectivity index (χ0n) is 14.0. The number of benzene rings is 2. The summed E-state index contributed by atoms with van der Waals surface area (Å²) in [7, 11) is 0. The van der Waals surface area contributed by atoms with Crippen molar-refractivity contribution in [3.05, 3.63) is 107 Å². The molecule has 0 unspecified atom stereocenters. The molecule has 0 spiro atoms. The predicted octanol–water partition coefficient (Wildman–Crippen LogP) is 3.70. The van der Waals surface area contributed by atoms with E-state index >= 15 is 0 Å². The van der Waals surface area contributed by atoms with E-state index in [1.54, 1.807) is 12.1 Å². The van der Waals surface area contributed by atoms with E-state index < -0.39 is 4.92 Å². The van der Waals surface area contributed by atoms with E-state index in [9.17, 15) is 14.9 Å². The second-order valence-electron chi connectivity index (χ2n) is 6.44. The Balaban J connectivity index is 1.62. The third-order valence-electron chi connectivity index (χ3n) is 4.89. The van der Waals surface area contributed by atoms with Crippen molar-refractivity contribution in [3.8, 4) is 0 Å². The van der Waals surface area contributed by atoms with Crippen LogP contribution in [0.2, 0.25) is 0 Å². The second-order valence-corrected chi connectivity index (χ2v) is 6.44. The Labute approximate surface area is 152 Å². The van der Waals surface area contributed by atoms with Gasteiger partial charge in [0, 0.05) is 18.7 Å². The van der Waals surface area contributed by atoms with E-state index in [0.29, 0.717) is 6.54 Å². The van der Waals surface area contributed by atoms with Crippen molar-refractivity contribution >= 4 is 11.6 Å². The Morgan fingerprint density at radius 2 is 1.62 bits per heavy atom. The van der Waals surface area contributed by atoms with Gasteiger partial charge in [0.25, 0.3) is 5.69 Å². The summed E-state index contributed by atoms with van der Waals surface area (Å²) >= 11 is 0. The second kappa shape index (κ2) is 6.90. The van der Waals surface area contributed by atoms with Crippen LogP contribution in [0.15, 0.2) is 54.6 Å². The fourth-order valence-electron chi connectivity index (χ4n) is 3.59. The molecule has 2 aromatic carbocycles. The summed E-state index contributed by atoms with van der Waals surface area (Å²) in [5, 5.41) is 10.9. The van der Waals surface area contributed by atoms with Crippen molar-refractivity contribution in [2.45, 2.75) is 12.6 Å². The fourth-order valence-corrected chi connectivity index (χ4v) is 3.59. The standard InChI is InChI=1S/C21H17N2O3/c24-21-19(16-8-4-5-9-16)20(17-10-12-18(13-11-17)23(25)26)22(21)14-15-6-2-1-3-7-15/h1-13,19-20H,14H2/t19-,20+/m1/s1. The highest BCUT2D eigenvalue weighted by atomic mass is 16.6. The first-order chi connectivity index (χ1) is 12.6. The molecular weight excluding hydrogens is 328 g/mol. The van der Waals surface area contributed by atoms with E-state index in [4.69, 9.17) is 0 Å². The Kier molecular flexibility index (Phi) is 4.45. The maximum Gasteiger partial charge on any atom is 0.269 e. The van der Waals surface area contributed by atoms with Crippen molar-refractivity contribution in [2.75, 3.05) is 0 Å². The van der Waals surface area contributed by atoms with Gasteiger partial charge in [0.05, 0.1) is 16.9 Å². The molecule has 0 bridgehead atoms. The number of carbonyl (C=O) groups is 1. The largest absolute Gasteiger partial charge is 0.330 e. The number of β-lactam (4-membered cyclic amide) rings is 1. The minimum atomic E-state index is -0.411. The number of likely N-dealkylation sites (tertiary alicyclic amines) is 1. The Bertz CT molecular complexity index is 798. The average Bonchev–Trinajstić information content (AvgIpc) is 3.18. The van der Waals surface area contributed by atoms with Crippen LogP contribution in [0.4, 0.5) is 5.69 Å². The summed E-state index contributed by atoms with van der Waals surface area (Å²) in [6.07, 6.45) is 7.77. The van der Waals surface area contributed by atoms with Gasteiger partial charge >= 0.3 is 0 Å². The van der Waals surface area contributed by atoms with Crippen LogP contribution in [0.3, 0.4) is 0 Å². The van der Waals surface area contributed by atoms with E-state index in [2.05, 4.69) is 0 Å². The molecule has 4 rings (SSSR count). The van der Waals surface area contributed by atoms with Gasteiger partial charge in [-0.2, -0.15) is 0 Å². The number of hydrogen-bond donors (Lipinski definition) is 0. The number of carbonyl (C=O) groups excluding carboxylic acids is 1. The minimum Gasteiger partial charge on any atom is -0.330 e. The summed E-state index contributed by atoms with van der Waals surface area (Å²) in [4.78, 5) is 25.2. The van der Waals surface area contributed by atoms with Gasteiger partial charge in [0.15, 0.2) is 0 Å². The lowest BCUT2D eigenvalue weighted by molar-refractivity contribution is -0.384. The molecule has 1 aliphatic heterocycles. The highest BCUT2D eigenvalue weighted by Crippen LogP contribution is 2.49. The molecule has 1 saturated heterocycles. The van der Waals surface area contributed by atoms with Crippen LogP contribution in [0, 0.1) is 47.6 Å². The number of hydrogen-bond acceptors (Lipinski definition) is 3. The maximum atomic E-state index is 12.8. The first-order valence-corrected chi connectivity index (χ1v) is 8.45. The molecule has 5 radical (unpaired) electrons. The number of rotatable bonds is 5. The monoisotopic (exact) mass is 345 g/mol. The van der Waals surface area contributed by atoms with Gasteiger partial charge in [-0.3, -0.25) is 14.9 Å². The maximum absolute atomic E-state index is 12.8. The molecule has 1 aliphatic carbocycles. The highest BCUT2D eigenvalue weighted by Gasteiger charge is 2.52. The van der Waals surface area contributed by atoms with Gasteiger partial charge in [-0.05, 0) is 42.7 Å². The predicted molar refractivity (Wildman–Crippen MR) is 96.8 cm³/mol. The molecule has 1 heterocycles. The molecule has 129 valence electrons. The van der Waals surface area contributed by atoms with Crippen LogP contribution >= 0.6 is 0 Å². The molecule has 2 aliphatic rings. The van der Waals surface area contributed by atoms with Gasteiger partial charge in [-0.25, -0.2) is 0 Å². The molecule has 5 nitrogen and oxygen atoms in total. The summed E-state index contributed by atoms with van der Waals surface area (Å²) in [5.41, 5.74) is 2.03. The third kappa shape index (κ3) is 2.98. The Morgan fingerprint density at radius 3 is 2.23 bits per heavy atom. The third-order valence-corrected chi connectivity index (χ3v) is 4.89. The van der Waals surface area contributed by atoms with Gasteiger partial charge < -0.3 is 4.90 Å². The zero-order valence-corrected chi connectivity index (χ0v) is 14.0. The number of nitrogens with zero attached hydrogens (tertiary/aromatic N) is 2. The van der Waals surface area contributed by atoms with E-state index in [0.717, 1.165) is 17.0 Å². The topological polar surface area (TPSA) is 63.4 Å². The SMILES string of the molecule is O=C1[C@H]([C]2[CH][CH][CH][CH]2)[C@H](c2ccc([N+](=O)[O-])cc2)N1Cc1ccccc1. The molecule has 0 N–H and O–H groups in total. The summed E-state index contributed by atoms with van der Waals surface area (Å²) in [6, 6.07) is 16.2. The lowest BCUT2D eigenvalue weighted by Crippen LogP contribution is -2.56. The van der Waals surface area contributed by atoms with Crippen LogP contribution < -0.4 is 0 Å². The molecule has 1 saturated carbocycles. The number of non-ortho nitro benzene ring substituents is 1. The fraction of sp³-hybridized carbons (Fsp3) is 0.143. The molecule has 2 atom stereocenters. The summed E-state index contributed by atoms with van der Waals surface area (Å²) < 4.78 is 0. The van der Waals surface area contributed by atoms with E-state index in [-0.39, 0.29) is 23.6 Å². The Morgan fingerprint density at radius 1 is 0.962 bits per heavy atom. The first kappa shape index (κ1) is 16.8. The quantitative estimate of drug-likeness (QED) is 0.471. The van der Waals surface area contributed by atoms with Crippen molar-refractivity contribution in [1.29, 1.82) is 0 Å². The smallest absolute Gasteiger partial charge is 0.269 e. The van der Waals surface area contributed by atoms with Gasteiger partial charge in [0.1, 0.15) is 0 Å². The van der Waals surface area contributed by atoms with Crippen molar-refractivity contribution in [2.24, 2.45) is 5.92 Å². The van der Waals surface area contributed by atoms with Crippen LogP contribution in [-0.2, 0) is 11.3 Å². The molecule has 5 heteroatoms. The average molecular weight is 345 g/mol. The highest BCUT2D eigenvalue weighted by molar-refractivity contribution is 5.90. The van der Waals surface area contributed by atoms with Crippen LogP contribution in [0.5, 0.6) is 0 Å². The normalized spacial score (nSPS) is 23.1. The van der Waals surface area contributed by atoms with E-state index in [1.807, 2.05) is 60.9 Å². The Hall–Kier alpha value is -2.69. The van der Waals surface area contributed by atoms with Crippen LogP contribution in [0.1, 0.15) is 17.2 Å². The number of amides is 1. The van der Waals surface area contributed by atoms with Crippen molar-refractivity contribution < 1.29 is 9.72 Å². The lowest BCUT2D eigenvalue weighted by Gasteiger charge is -2.50. The molecular formula is C21H17N2O3. The summed E-state index contributed by atoms with van der Waals surface area (Å²) in [6.45, 7) is 0.526. The summed E-state index contributed by atoms with van der Waals surface area (Å²) in [5.74, 6) is 0.834. The van der Waals surface area contributed by atoms with Crippen LogP contribution in [0.25, 0.3) is 0 Å². The molecule has 1 amide bonds. The minimum absolute atomic E-state index is 0.0545. The zero-order chi connectivity index (χ0) is 18.1. The number of nitro benzene ring substituents is 1. The van der Waals surface area contributed by atoms with Gasteiger partial charge in [-0.15, -0.1) is 0 Å². The molecule has 2 aromatic rings. The van der Waals surface area contributed by atoms with E-state index in [1.165, 1.54) is 12.1 Å². The van der Waals surface area contributed by atoms with Gasteiger partial charge in [-0.1, -0.05) is 42.5 Å². The first-order valence-electron chi connectivity index (χ1n) is 8.45. The molecule has 2 fully saturated rings. The van der Waals surface area contributed by atoms with Crippen molar-refractivity contribution in [1.82, 2.24) is 4.90 Å². The molecule has 0 aromatic heterocycles. The number of nitro groups is 1. The van der Waals surface area contributed by atoms with Crippen LogP contribution in [-0.4, -0.2) is 15.7 Å². The van der Waals surface area contributed by atoms with Gasteiger partial charge in [0.2, 0.25) is 5.91 Å². The molecule has 26 heavy (non-hydrogen) atoms.